The molecule has 19 heavy (non-hydrogen) atoms. The van der Waals surface area contributed by atoms with Crippen LogP contribution in [-0.4, -0.2) is 23.5 Å². The molecule has 1 saturated carbocycles. The van der Waals surface area contributed by atoms with Gasteiger partial charge in [0.05, 0.1) is 12.8 Å². The van der Waals surface area contributed by atoms with Crippen LogP contribution in [0.15, 0.2) is 22.8 Å². The van der Waals surface area contributed by atoms with Crippen LogP contribution < -0.4 is 5.73 Å². The first-order chi connectivity index (χ1) is 9.26. The number of hydrogen-bond acceptors (Lipinski definition) is 3. The van der Waals surface area contributed by atoms with Gasteiger partial charge >= 0.3 is 0 Å². The van der Waals surface area contributed by atoms with E-state index in [0.29, 0.717) is 0 Å². The molecule has 0 spiro atoms. The molecule has 2 unspecified atom stereocenters. The van der Waals surface area contributed by atoms with E-state index in [9.17, 15) is 0 Å². The van der Waals surface area contributed by atoms with Crippen LogP contribution in [0.4, 0.5) is 0 Å². The molecule has 1 aromatic rings. The summed E-state index contributed by atoms with van der Waals surface area (Å²) < 4.78 is 5.53. The molecule has 1 aromatic heterocycles. The third-order valence-electron chi connectivity index (χ3n) is 4.96. The van der Waals surface area contributed by atoms with Gasteiger partial charge in [-0.25, -0.2) is 0 Å². The maximum absolute atomic E-state index is 6.24. The second kappa shape index (κ2) is 6.58. The van der Waals surface area contributed by atoms with Gasteiger partial charge < -0.3 is 10.2 Å². The predicted molar refractivity (Wildman–Crippen MR) is 78.8 cm³/mol. The number of hydrogen-bond donors (Lipinski definition) is 1. The van der Waals surface area contributed by atoms with Gasteiger partial charge in [0, 0.05) is 12.1 Å². The third-order valence-corrected chi connectivity index (χ3v) is 4.96. The van der Waals surface area contributed by atoms with Gasteiger partial charge in [-0.3, -0.25) is 4.90 Å². The van der Waals surface area contributed by atoms with Crippen LogP contribution in [0.5, 0.6) is 0 Å². The maximum Gasteiger partial charge on any atom is 0.117 e. The molecule has 1 aliphatic carbocycles. The lowest BCUT2D eigenvalue weighted by molar-refractivity contribution is -0.00257. The van der Waals surface area contributed by atoms with Crippen molar-refractivity contribution in [2.45, 2.75) is 58.0 Å². The number of furan rings is 1. The monoisotopic (exact) mass is 264 g/mol. The normalized spacial score (nSPS) is 27.9. The molecule has 1 heterocycles. The second-order valence-electron chi connectivity index (χ2n) is 5.75. The standard InChI is InChI=1S/C16H28N2O/c1-3-14-8-5-6-10-16(14,13-17)18(4-2)12-15-9-7-11-19-15/h7,9,11,14H,3-6,8,10,12-13,17H2,1-2H3. The van der Waals surface area contributed by atoms with Gasteiger partial charge in [-0.05, 0) is 37.4 Å². The van der Waals surface area contributed by atoms with Crippen molar-refractivity contribution >= 4 is 0 Å². The van der Waals surface area contributed by atoms with Crippen molar-refractivity contribution in [2.24, 2.45) is 11.7 Å². The number of rotatable bonds is 6. The summed E-state index contributed by atoms with van der Waals surface area (Å²) in [4.78, 5) is 2.55. The first-order valence-corrected chi connectivity index (χ1v) is 7.74. The minimum Gasteiger partial charge on any atom is -0.468 e. The predicted octanol–water partition coefficient (Wildman–Crippen LogP) is 3.40. The fourth-order valence-corrected chi connectivity index (χ4v) is 3.87. The number of likely N-dealkylation sites (N-methyl/N-ethyl adjacent to an activating group) is 1. The molecule has 1 fully saturated rings. The maximum atomic E-state index is 6.24. The average molecular weight is 264 g/mol. The minimum absolute atomic E-state index is 0.175. The summed E-state index contributed by atoms with van der Waals surface area (Å²) in [7, 11) is 0. The Balaban J connectivity index is 2.20. The molecule has 108 valence electrons. The molecule has 3 heteroatoms. The smallest absolute Gasteiger partial charge is 0.117 e. The summed E-state index contributed by atoms with van der Waals surface area (Å²) in [5.74, 6) is 1.77. The highest BCUT2D eigenvalue weighted by atomic mass is 16.3. The van der Waals surface area contributed by atoms with Crippen molar-refractivity contribution < 1.29 is 4.42 Å². The summed E-state index contributed by atoms with van der Waals surface area (Å²) in [6.07, 6.45) is 8.21. The SMILES string of the molecule is CCC1CCCCC1(CN)N(CC)Cc1ccco1. The quantitative estimate of drug-likeness (QED) is 0.856. The molecule has 0 radical (unpaired) electrons. The molecule has 0 saturated heterocycles. The molecule has 3 nitrogen and oxygen atoms in total. The lowest BCUT2D eigenvalue weighted by Crippen LogP contribution is -2.59. The van der Waals surface area contributed by atoms with Crippen molar-refractivity contribution in [3.8, 4) is 0 Å². The Bertz CT molecular complexity index is 363. The third kappa shape index (κ3) is 2.87. The van der Waals surface area contributed by atoms with Gasteiger partial charge in [-0.2, -0.15) is 0 Å². The van der Waals surface area contributed by atoms with Crippen molar-refractivity contribution in [3.63, 3.8) is 0 Å². The highest BCUT2D eigenvalue weighted by Crippen LogP contribution is 2.40. The van der Waals surface area contributed by atoms with E-state index in [1.807, 2.05) is 6.07 Å². The zero-order chi connectivity index (χ0) is 13.7. The van der Waals surface area contributed by atoms with E-state index >= 15 is 0 Å². The highest BCUT2D eigenvalue weighted by Gasteiger charge is 2.42. The fraction of sp³-hybridized carbons (Fsp3) is 0.750. The second-order valence-corrected chi connectivity index (χ2v) is 5.75. The summed E-state index contributed by atoms with van der Waals surface area (Å²) in [6, 6.07) is 4.03. The summed E-state index contributed by atoms with van der Waals surface area (Å²) in [6.45, 7) is 7.23. The summed E-state index contributed by atoms with van der Waals surface area (Å²) in [5, 5.41) is 0. The van der Waals surface area contributed by atoms with E-state index in [0.717, 1.165) is 31.3 Å². The van der Waals surface area contributed by atoms with Gasteiger partial charge in [0.1, 0.15) is 5.76 Å². The van der Waals surface area contributed by atoms with E-state index in [4.69, 9.17) is 10.2 Å². The van der Waals surface area contributed by atoms with E-state index < -0.39 is 0 Å². The van der Waals surface area contributed by atoms with Crippen LogP contribution in [0, 0.1) is 5.92 Å². The van der Waals surface area contributed by atoms with Crippen LogP contribution in [-0.2, 0) is 6.54 Å². The average Bonchev–Trinajstić information content (AvgIpc) is 2.97. The largest absolute Gasteiger partial charge is 0.468 e. The Kier molecular flexibility index (Phi) is 5.06. The minimum atomic E-state index is 0.175. The molecule has 2 rings (SSSR count). The van der Waals surface area contributed by atoms with Crippen LogP contribution in [0.1, 0.15) is 51.7 Å². The molecule has 2 atom stereocenters. The molecule has 0 aliphatic heterocycles. The first kappa shape index (κ1) is 14.6. The highest BCUT2D eigenvalue weighted by molar-refractivity contribution is 5.04. The Hall–Kier alpha value is -0.800. The lowest BCUT2D eigenvalue weighted by atomic mass is 9.70. The van der Waals surface area contributed by atoms with Crippen molar-refractivity contribution in [2.75, 3.05) is 13.1 Å². The first-order valence-electron chi connectivity index (χ1n) is 7.74. The van der Waals surface area contributed by atoms with E-state index in [-0.39, 0.29) is 5.54 Å². The number of nitrogens with zero attached hydrogens (tertiary/aromatic N) is 1. The molecular weight excluding hydrogens is 236 g/mol. The topological polar surface area (TPSA) is 42.4 Å². The molecular formula is C16H28N2O. The Labute approximate surface area is 117 Å². The van der Waals surface area contributed by atoms with E-state index in [1.54, 1.807) is 6.26 Å². The van der Waals surface area contributed by atoms with Crippen LogP contribution in [0.25, 0.3) is 0 Å². The van der Waals surface area contributed by atoms with Crippen LogP contribution in [0.3, 0.4) is 0 Å². The molecule has 0 amide bonds. The van der Waals surface area contributed by atoms with Gasteiger partial charge in [0.15, 0.2) is 0 Å². The Morgan fingerprint density at radius 2 is 2.26 bits per heavy atom. The molecule has 0 bridgehead atoms. The summed E-state index contributed by atoms with van der Waals surface area (Å²) in [5.41, 5.74) is 6.41. The van der Waals surface area contributed by atoms with Gasteiger partial charge in [0.25, 0.3) is 0 Å². The van der Waals surface area contributed by atoms with Crippen LogP contribution in [0.2, 0.25) is 0 Å². The van der Waals surface area contributed by atoms with Crippen molar-refractivity contribution in [1.29, 1.82) is 0 Å². The molecule has 2 N–H and O–H groups in total. The zero-order valence-electron chi connectivity index (χ0n) is 12.4. The van der Waals surface area contributed by atoms with Crippen molar-refractivity contribution in [3.05, 3.63) is 24.2 Å². The van der Waals surface area contributed by atoms with Gasteiger partial charge in [-0.15, -0.1) is 0 Å². The lowest BCUT2D eigenvalue weighted by Gasteiger charge is -2.50. The summed E-state index contributed by atoms with van der Waals surface area (Å²) >= 11 is 0. The Morgan fingerprint density at radius 1 is 1.42 bits per heavy atom. The zero-order valence-corrected chi connectivity index (χ0v) is 12.4. The van der Waals surface area contributed by atoms with Gasteiger partial charge in [-0.1, -0.05) is 33.1 Å². The fourth-order valence-electron chi connectivity index (χ4n) is 3.87. The van der Waals surface area contributed by atoms with E-state index in [1.165, 1.54) is 32.1 Å². The van der Waals surface area contributed by atoms with E-state index in [2.05, 4.69) is 24.8 Å². The van der Waals surface area contributed by atoms with Crippen LogP contribution >= 0.6 is 0 Å². The number of nitrogens with two attached hydrogens (primary N) is 1. The Morgan fingerprint density at radius 3 is 2.84 bits per heavy atom. The molecule has 1 aliphatic rings. The van der Waals surface area contributed by atoms with Crippen molar-refractivity contribution in [1.82, 2.24) is 4.90 Å². The van der Waals surface area contributed by atoms with Gasteiger partial charge in [0.2, 0.25) is 0 Å². The molecule has 0 aromatic carbocycles.